The molecule has 0 aliphatic carbocycles. The van der Waals surface area contributed by atoms with Crippen LogP contribution in [0, 0.1) is 9.54 Å². The summed E-state index contributed by atoms with van der Waals surface area (Å²) in [5, 5.41) is 21.7. The van der Waals surface area contributed by atoms with E-state index < -0.39 is 17.0 Å². The monoisotopic (exact) mass is 510 g/mol. The molecule has 2 aromatic heterocycles. The largest absolute Gasteiger partial charge is 0.494 e. The molecule has 0 amide bonds. The van der Waals surface area contributed by atoms with Gasteiger partial charge in [0.25, 0.3) is 11.1 Å². The fraction of sp³-hybridized carbons (Fsp3) is 0.263. The smallest absolute Gasteiger partial charge is 0.262 e. The molecule has 3 aromatic rings. The zero-order valence-corrected chi connectivity index (χ0v) is 19.8. The molecule has 1 aromatic carbocycles. The predicted octanol–water partition coefficient (Wildman–Crippen LogP) is 2.57. The Morgan fingerprint density at radius 3 is 1.67 bits per heavy atom. The molecule has 0 atom stereocenters. The zero-order chi connectivity index (χ0) is 22.5. The molecule has 0 fully saturated rings. The van der Waals surface area contributed by atoms with Gasteiger partial charge in [0.2, 0.25) is 11.8 Å². The molecule has 11 heteroatoms. The number of benzene rings is 1. The van der Waals surface area contributed by atoms with Gasteiger partial charge in [-0.2, -0.15) is 0 Å². The number of aromatic hydroxyl groups is 2. The van der Waals surface area contributed by atoms with Gasteiger partial charge in [0, 0.05) is 32.7 Å². The summed E-state index contributed by atoms with van der Waals surface area (Å²) < 4.78 is 5.89. The number of aromatic nitrogens is 4. The van der Waals surface area contributed by atoms with Gasteiger partial charge in [0.1, 0.15) is 0 Å². The average molecular weight is 511 g/mol. The summed E-state index contributed by atoms with van der Waals surface area (Å²) in [5.41, 5.74) is -0.815. The Morgan fingerprint density at radius 1 is 0.833 bits per heavy atom. The lowest BCUT2D eigenvalue weighted by atomic mass is 9.86. The van der Waals surface area contributed by atoms with Crippen LogP contribution in [-0.2, 0) is 28.2 Å². The summed E-state index contributed by atoms with van der Waals surface area (Å²) in [4.78, 5) is 26.4. The van der Waals surface area contributed by atoms with Crippen molar-refractivity contribution in [1.29, 1.82) is 0 Å². The normalized spacial score (nSPS) is 11.3. The standard InChI is InChI=1S/C19H19BrN4O4S2/c1-21-14(25)12(15(26)22(2)18(21)29)11(9-6-5-7-10(20)8-9)13-16(27)23(3)19(30)24(4)17(13)28/h5-8,11,25,27H,1-4H3. The fourth-order valence-corrected chi connectivity index (χ4v) is 4.14. The van der Waals surface area contributed by atoms with Gasteiger partial charge < -0.3 is 10.2 Å². The molecule has 158 valence electrons. The van der Waals surface area contributed by atoms with Gasteiger partial charge in [-0.25, -0.2) is 0 Å². The molecule has 8 nitrogen and oxygen atoms in total. The molecule has 2 N–H and O–H groups in total. The van der Waals surface area contributed by atoms with Crippen LogP contribution in [0.1, 0.15) is 22.6 Å². The van der Waals surface area contributed by atoms with Crippen molar-refractivity contribution < 1.29 is 10.2 Å². The molecule has 2 heterocycles. The molecule has 0 saturated carbocycles. The molecule has 0 aliphatic heterocycles. The first-order valence-electron chi connectivity index (χ1n) is 8.72. The van der Waals surface area contributed by atoms with Crippen LogP contribution >= 0.6 is 40.4 Å². The van der Waals surface area contributed by atoms with Crippen LogP contribution in [0.2, 0.25) is 0 Å². The van der Waals surface area contributed by atoms with Crippen LogP contribution in [0.3, 0.4) is 0 Å². The van der Waals surface area contributed by atoms with Gasteiger partial charge in [0.05, 0.1) is 17.0 Å². The van der Waals surface area contributed by atoms with Crippen LogP contribution in [0.25, 0.3) is 0 Å². The maximum atomic E-state index is 13.2. The summed E-state index contributed by atoms with van der Waals surface area (Å²) in [5.74, 6) is -1.86. The third-order valence-corrected chi connectivity index (χ3v) is 6.68. The lowest BCUT2D eigenvalue weighted by Crippen LogP contribution is -2.33. The summed E-state index contributed by atoms with van der Waals surface area (Å²) >= 11 is 13.8. The number of halogens is 1. The highest BCUT2D eigenvalue weighted by molar-refractivity contribution is 9.10. The van der Waals surface area contributed by atoms with E-state index in [1.165, 1.54) is 46.5 Å². The van der Waals surface area contributed by atoms with E-state index >= 15 is 0 Å². The van der Waals surface area contributed by atoms with E-state index in [4.69, 9.17) is 24.4 Å². The number of nitrogens with zero attached hydrogens (tertiary/aromatic N) is 4. The molecular formula is C19H19BrN4O4S2. The highest BCUT2D eigenvalue weighted by Gasteiger charge is 2.32. The van der Waals surface area contributed by atoms with Gasteiger partial charge in [-0.15, -0.1) is 0 Å². The van der Waals surface area contributed by atoms with E-state index in [9.17, 15) is 19.8 Å². The Kier molecular flexibility index (Phi) is 5.89. The molecule has 0 bridgehead atoms. The van der Waals surface area contributed by atoms with E-state index in [1.54, 1.807) is 24.3 Å². The minimum absolute atomic E-state index is 0.0868. The Morgan fingerprint density at radius 2 is 1.27 bits per heavy atom. The average Bonchev–Trinajstić information content (AvgIpc) is 2.72. The molecule has 0 unspecified atom stereocenters. The third kappa shape index (κ3) is 3.36. The van der Waals surface area contributed by atoms with Crippen molar-refractivity contribution in [1.82, 2.24) is 18.3 Å². The Balaban J connectivity index is 2.59. The zero-order valence-electron chi connectivity index (χ0n) is 16.6. The first-order chi connectivity index (χ1) is 14.0. The van der Waals surface area contributed by atoms with Crippen molar-refractivity contribution in [2.75, 3.05) is 0 Å². The van der Waals surface area contributed by atoms with Crippen molar-refractivity contribution in [2.45, 2.75) is 5.92 Å². The highest BCUT2D eigenvalue weighted by atomic mass is 79.9. The predicted molar refractivity (Wildman–Crippen MR) is 121 cm³/mol. The molecular weight excluding hydrogens is 492 g/mol. The van der Waals surface area contributed by atoms with Crippen molar-refractivity contribution in [3.63, 3.8) is 0 Å². The number of hydrogen-bond acceptors (Lipinski definition) is 6. The molecule has 0 aliphatic rings. The maximum absolute atomic E-state index is 13.2. The van der Waals surface area contributed by atoms with E-state index in [2.05, 4.69) is 15.9 Å². The van der Waals surface area contributed by atoms with Gasteiger partial charge in [-0.3, -0.25) is 27.9 Å². The van der Waals surface area contributed by atoms with Crippen LogP contribution in [0.15, 0.2) is 38.3 Å². The number of hydrogen-bond donors (Lipinski definition) is 2. The molecule has 3 rings (SSSR count). The van der Waals surface area contributed by atoms with Crippen molar-refractivity contribution in [3.8, 4) is 11.8 Å². The second kappa shape index (κ2) is 7.97. The molecule has 0 radical (unpaired) electrons. The Bertz CT molecular complexity index is 1330. The van der Waals surface area contributed by atoms with Crippen LogP contribution in [0.5, 0.6) is 11.8 Å². The van der Waals surface area contributed by atoms with Crippen molar-refractivity contribution >= 4 is 40.4 Å². The van der Waals surface area contributed by atoms with Gasteiger partial charge in [0.15, 0.2) is 9.54 Å². The topological polar surface area (TPSA) is 94.3 Å². The fourth-order valence-electron chi connectivity index (χ4n) is 3.39. The molecule has 0 spiro atoms. The summed E-state index contributed by atoms with van der Waals surface area (Å²) in [6.07, 6.45) is 0. The first-order valence-corrected chi connectivity index (χ1v) is 10.3. The van der Waals surface area contributed by atoms with Crippen LogP contribution in [-0.4, -0.2) is 28.5 Å². The SMILES string of the molecule is Cn1c(O)c(C(c2cccc(Br)c2)c2c(O)n(C)c(=S)n(C)c2=O)c(=O)n(C)c1=S. The Hall–Kier alpha value is -2.50. The van der Waals surface area contributed by atoms with Crippen molar-refractivity contribution in [2.24, 2.45) is 28.2 Å². The maximum Gasteiger partial charge on any atom is 0.262 e. The van der Waals surface area contributed by atoms with Crippen LogP contribution < -0.4 is 11.1 Å². The minimum Gasteiger partial charge on any atom is -0.494 e. The second-order valence-electron chi connectivity index (χ2n) is 6.87. The quantitative estimate of drug-likeness (QED) is 0.526. The summed E-state index contributed by atoms with van der Waals surface area (Å²) in [7, 11) is 6.00. The minimum atomic E-state index is -1.08. The lowest BCUT2D eigenvalue weighted by molar-refractivity contribution is 0.395. The first kappa shape index (κ1) is 22.2. The number of rotatable bonds is 3. The lowest BCUT2D eigenvalue weighted by Gasteiger charge is -2.23. The van der Waals surface area contributed by atoms with Crippen molar-refractivity contribution in [3.05, 3.63) is 75.7 Å². The second-order valence-corrected chi connectivity index (χ2v) is 8.52. The summed E-state index contributed by atoms with van der Waals surface area (Å²) in [6.45, 7) is 0. The third-order valence-electron chi connectivity index (χ3n) is 5.09. The summed E-state index contributed by atoms with van der Waals surface area (Å²) in [6, 6.07) is 6.94. The van der Waals surface area contributed by atoms with Gasteiger partial charge in [-0.1, -0.05) is 28.1 Å². The van der Waals surface area contributed by atoms with E-state index in [0.717, 1.165) is 0 Å². The highest BCUT2D eigenvalue weighted by Crippen LogP contribution is 2.37. The molecule has 0 saturated heterocycles. The van der Waals surface area contributed by atoms with E-state index in [1.807, 2.05) is 0 Å². The van der Waals surface area contributed by atoms with Gasteiger partial charge in [-0.05, 0) is 42.1 Å². The van der Waals surface area contributed by atoms with Gasteiger partial charge >= 0.3 is 0 Å². The molecule has 30 heavy (non-hydrogen) atoms. The van der Waals surface area contributed by atoms with E-state index in [-0.39, 0.29) is 32.4 Å². The Labute approximate surface area is 190 Å². The van der Waals surface area contributed by atoms with E-state index in [0.29, 0.717) is 10.0 Å². The van der Waals surface area contributed by atoms with Crippen LogP contribution in [0.4, 0.5) is 0 Å².